The SMILES string of the molecule is CC(C)C(C)NC(=O)COc1ccc2oc3ccccc3c2c1. The zero-order valence-corrected chi connectivity index (χ0v) is 13.6. The van der Waals surface area contributed by atoms with Gasteiger partial charge in [-0.1, -0.05) is 32.0 Å². The predicted octanol–water partition coefficient (Wildman–Crippen LogP) is 4.13. The molecule has 0 bridgehead atoms. The van der Waals surface area contributed by atoms with Gasteiger partial charge in [0.05, 0.1) is 0 Å². The molecule has 0 radical (unpaired) electrons. The van der Waals surface area contributed by atoms with Gasteiger partial charge in [-0.15, -0.1) is 0 Å². The quantitative estimate of drug-likeness (QED) is 0.771. The Hall–Kier alpha value is -2.49. The molecule has 0 fully saturated rings. The number of rotatable bonds is 5. The van der Waals surface area contributed by atoms with Crippen molar-refractivity contribution in [2.45, 2.75) is 26.8 Å². The number of hydrogen-bond acceptors (Lipinski definition) is 3. The summed E-state index contributed by atoms with van der Waals surface area (Å²) in [6.07, 6.45) is 0. The molecule has 3 aromatic rings. The number of amides is 1. The molecule has 0 aliphatic carbocycles. The first-order chi connectivity index (χ1) is 11.0. The van der Waals surface area contributed by atoms with E-state index in [9.17, 15) is 4.79 Å². The number of ether oxygens (including phenoxy) is 1. The van der Waals surface area contributed by atoms with Crippen molar-refractivity contribution < 1.29 is 13.9 Å². The fourth-order valence-electron chi connectivity index (χ4n) is 2.41. The molecule has 0 spiro atoms. The Morgan fingerprint density at radius 3 is 2.61 bits per heavy atom. The summed E-state index contributed by atoms with van der Waals surface area (Å²) >= 11 is 0. The van der Waals surface area contributed by atoms with Crippen molar-refractivity contribution in [3.63, 3.8) is 0 Å². The van der Waals surface area contributed by atoms with Crippen LogP contribution in [0.1, 0.15) is 20.8 Å². The molecule has 1 unspecified atom stereocenters. The van der Waals surface area contributed by atoms with Crippen molar-refractivity contribution >= 4 is 27.8 Å². The van der Waals surface area contributed by atoms with Gasteiger partial charge in [0, 0.05) is 16.8 Å². The molecule has 120 valence electrons. The van der Waals surface area contributed by atoms with E-state index in [1.165, 1.54) is 0 Å². The predicted molar refractivity (Wildman–Crippen MR) is 91.7 cm³/mol. The Kier molecular flexibility index (Phi) is 4.24. The highest BCUT2D eigenvalue weighted by atomic mass is 16.5. The van der Waals surface area contributed by atoms with Crippen LogP contribution in [0.25, 0.3) is 21.9 Å². The number of hydrogen-bond donors (Lipinski definition) is 1. The van der Waals surface area contributed by atoms with Crippen LogP contribution in [0.15, 0.2) is 46.9 Å². The van der Waals surface area contributed by atoms with Crippen LogP contribution in [0.3, 0.4) is 0 Å². The first-order valence-corrected chi connectivity index (χ1v) is 7.88. The average Bonchev–Trinajstić information content (AvgIpc) is 2.90. The summed E-state index contributed by atoms with van der Waals surface area (Å²) in [5.74, 6) is 0.951. The number of carbonyl (C=O) groups excluding carboxylic acids is 1. The van der Waals surface area contributed by atoms with Crippen LogP contribution >= 0.6 is 0 Å². The Bertz CT molecular complexity index is 835. The third kappa shape index (κ3) is 3.31. The Labute approximate surface area is 135 Å². The van der Waals surface area contributed by atoms with E-state index in [4.69, 9.17) is 9.15 Å². The largest absolute Gasteiger partial charge is 0.484 e. The van der Waals surface area contributed by atoms with Gasteiger partial charge >= 0.3 is 0 Å². The summed E-state index contributed by atoms with van der Waals surface area (Å²) in [5, 5.41) is 4.97. The van der Waals surface area contributed by atoms with Crippen LogP contribution in [-0.2, 0) is 4.79 Å². The van der Waals surface area contributed by atoms with E-state index in [0.29, 0.717) is 11.7 Å². The molecule has 1 aromatic heterocycles. The van der Waals surface area contributed by atoms with Crippen LogP contribution in [0.4, 0.5) is 0 Å². The molecule has 0 aliphatic heterocycles. The smallest absolute Gasteiger partial charge is 0.258 e. The third-order valence-corrected chi connectivity index (χ3v) is 4.11. The third-order valence-electron chi connectivity index (χ3n) is 4.11. The minimum absolute atomic E-state index is 0.0123. The van der Waals surface area contributed by atoms with Crippen molar-refractivity contribution in [2.24, 2.45) is 5.92 Å². The van der Waals surface area contributed by atoms with Crippen LogP contribution in [0.2, 0.25) is 0 Å². The number of para-hydroxylation sites is 1. The summed E-state index contributed by atoms with van der Waals surface area (Å²) in [7, 11) is 0. The van der Waals surface area contributed by atoms with E-state index in [2.05, 4.69) is 19.2 Å². The summed E-state index contributed by atoms with van der Waals surface area (Å²) in [6.45, 7) is 6.15. The van der Waals surface area contributed by atoms with Crippen molar-refractivity contribution in [2.75, 3.05) is 6.61 Å². The fourth-order valence-corrected chi connectivity index (χ4v) is 2.41. The van der Waals surface area contributed by atoms with Gasteiger partial charge < -0.3 is 14.5 Å². The number of nitrogens with one attached hydrogen (secondary N) is 1. The van der Waals surface area contributed by atoms with E-state index in [0.717, 1.165) is 21.9 Å². The standard InChI is InChI=1S/C19H21NO3/c1-12(2)13(3)20-19(21)11-22-14-8-9-18-16(10-14)15-6-4-5-7-17(15)23-18/h4-10,12-13H,11H2,1-3H3,(H,20,21). The molecule has 3 rings (SSSR count). The van der Waals surface area contributed by atoms with Crippen LogP contribution in [-0.4, -0.2) is 18.6 Å². The first kappa shape index (κ1) is 15.4. The molecule has 0 saturated heterocycles. The minimum atomic E-state index is -0.108. The molecule has 0 aliphatic rings. The van der Waals surface area contributed by atoms with Crippen LogP contribution in [0, 0.1) is 5.92 Å². The molecular formula is C19H21NO3. The van der Waals surface area contributed by atoms with E-state index in [-0.39, 0.29) is 18.6 Å². The lowest BCUT2D eigenvalue weighted by Gasteiger charge is -2.17. The summed E-state index contributed by atoms with van der Waals surface area (Å²) in [4.78, 5) is 11.9. The zero-order chi connectivity index (χ0) is 16.4. The minimum Gasteiger partial charge on any atom is -0.484 e. The maximum absolute atomic E-state index is 11.9. The van der Waals surface area contributed by atoms with Gasteiger partial charge in [0.2, 0.25) is 0 Å². The van der Waals surface area contributed by atoms with E-state index >= 15 is 0 Å². The summed E-state index contributed by atoms with van der Waals surface area (Å²) < 4.78 is 11.4. The second kappa shape index (κ2) is 6.32. The van der Waals surface area contributed by atoms with Gasteiger partial charge in [-0.2, -0.15) is 0 Å². The Balaban J connectivity index is 1.73. The van der Waals surface area contributed by atoms with Crippen molar-refractivity contribution in [3.8, 4) is 5.75 Å². The molecule has 23 heavy (non-hydrogen) atoms. The van der Waals surface area contributed by atoms with E-state index in [1.807, 2.05) is 49.4 Å². The number of furan rings is 1. The number of fused-ring (bicyclic) bond motifs is 3. The lowest BCUT2D eigenvalue weighted by Crippen LogP contribution is -2.38. The van der Waals surface area contributed by atoms with Gasteiger partial charge in [-0.05, 0) is 37.1 Å². The highest BCUT2D eigenvalue weighted by Gasteiger charge is 2.12. The second-order valence-corrected chi connectivity index (χ2v) is 6.15. The van der Waals surface area contributed by atoms with Gasteiger partial charge in [0.25, 0.3) is 5.91 Å². The van der Waals surface area contributed by atoms with Gasteiger partial charge in [0.15, 0.2) is 6.61 Å². The lowest BCUT2D eigenvalue weighted by molar-refractivity contribution is -0.124. The van der Waals surface area contributed by atoms with Gasteiger partial charge in [-0.3, -0.25) is 4.79 Å². The summed E-state index contributed by atoms with van der Waals surface area (Å²) in [5.41, 5.74) is 1.67. The normalized spacial score (nSPS) is 12.7. The van der Waals surface area contributed by atoms with Crippen molar-refractivity contribution in [3.05, 3.63) is 42.5 Å². The maximum Gasteiger partial charge on any atom is 0.258 e. The van der Waals surface area contributed by atoms with Gasteiger partial charge in [0.1, 0.15) is 16.9 Å². The van der Waals surface area contributed by atoms with E-state index in [1.54, 1.807) is 0 Å². The van der Waals surface area contributed by atoms with Crippen LogP contribution in [0.5, 0.6) is 5.75 Å². The first-order valence-electron chi connectivity index (χ1n) is 7.88. The molecule has 4 nitrogen and oxygen atoms in total. The van der Waals surface area contributed by atoms with Crippen molar-refractivity contribution in [1.82, 2.24) is 5.32 Å². The molecule has 1 atom stereocenters. The molecule has 1 heterocycles. The number of carbonyl (C=O) groups is 1. The Morgan fingerprint density at radius 1 is 1.09 bits per heavy atom. The molecule has 0 saturated carbocycles. The van der Waals surface area contributed by atoms with Crippen LogP contribution < -0.4 is 10.1 Å². The molecule has 2 aromatic carbocycles. The highest BCUT2D eigenvalue weighted by molar-refractivity contribution is 6.05. The van der Waals surface area contributed by atoms with Gasteiger partial charge in [-0.25, -0.2) is 0 Å². The monoisotopic (exact) mass is 311 g/mol. The van der Waals surface area contributed by atoms with E-state index < -0.39 is 0 Å². The Morgan fingerprint density at radius 2 is 1.83 bits per heavy atom. The molecule has 1 amide bonds. The molecule has 1 N–H and O–H groups in total. The summed E-state index contributed by atoms with van der Waals surface area (Å²) in [6, 6.07) is 13.6. The second-order valence-electron chi connectivity index (χ2n) is 6.15. The van der Waals surface area contributed by atoms with Crippen molar-refractivity contribution in [1.29, 1.82) is 0 Å². The molecule has 4 heteroatoms. The number of benzene rings is 2. The average molecular weight is 311 g/mol. The maximum atomic E-state index is 11.9. The molecular weight excluding hydrogens is 290 g/mol. The fraction of sp³-hybridized carbons (Fsp3) is 0.316. The topological polar surface area (TPSA) is 51.5 Å². The zero-order valence-electron chi connectivity index (χ0n) is 13.6. The highest BCUT2D eigenvalue weighted by Crippen LogP contribution is 2.31. The lowest BCUT2D eigenvalue weighted by atomic mass is 10.1.